The van der Waals surface area contributed by atoms with E-state index in [1.807, 2.05) is 0 Å². The van der Waals surface area contributed by atoms with Gasteiger partial charge < -0.3 is 15.0 Å². The zero-order valence-electron chi connectivity index (χ0n) is 20.1. The van der Waals surface area contributed by atoms with Gasteiger partial charge in [-0.1, -0.05) is 5.16 Å². The van der Waals surface area contributed by atoms with Crippen LogP contribution >= 0.6 is 0 Å². The Bertz CT molecular complexity index is 1330. The third-order valence-corrected chi connectivity index (χ3v) is 8.10. The molecule has 3 unspecified atom stereocenters. The van der Waals surface area contributed by atoms with Crippen LogP contribution in [0, 0.1) is 11.3 Å². The summed E-state index contributed by atoms with van der Waals surface area (Å²) in [5, 5.41) is 14.4. The highest BCUT2D eigenvalue weighted by atomic mass is 16.5. The highest BCUT2D eigenvalue weighted by Gasteiger charge is 2.49. The zero-order chi connectivity index (χ0) is 24.2. The number of nitriles is 1. The van der Waals surface area contributed by atoms with E-state index in [0.29, 0.717) is 34.8 Å². The zero-order valence-corrected chi connectivity index (χ0v) is 20.1. The van der Waals surface area contributed by atoms with E-state index >= 15 is 0 Å². The van der Waals surface area contributed by atoms with Crippen LogP contribution in [0.4, 0.5) is 5.69 Å². The molecular weight excluding hydrogens is 442 g/mol. The van der Waals surface area contributed by atoms with E-state index in [2.05, 4.69) is 40.1 Å². The van der Waals surface area contributed by atoms with Crippen molar-refractivity contribution in [2.45, 2.75) is 69.4 Å². The normalized spacial score (nSPS) is 24.2. The number of hydrogen-bond donors (Lipinski definition) is 1. The van der Waals surface area contributed by atoms with E-state index in [4.69, 9.17) is 20.0 Å². The van der Waals surface area contributed by atoms with Gasteiger partial charge >= 0.3 is 0 Å². The minimum Gasteiger partial charge on any atom is -0.473 e. The third kappa shape index (κ3) is 3.39. The van der Waals surface area contributed by atoms with Gasteiger partial charge in [0.2, 0.25) is 17.5 Å². The van der Waals surface area contributed by atoms with Crippen molar-refractivity contribution >= 4 is 5.69 Å². The molecule has 0 amide bonds. The van der Waals surface area contributed by atoms with Crippen LogP contribution < -0.4 is 10.5 Å². The van der Waals surface area contributed by atoms with Crippen molar-refractivity contribution in [1.82, 2.24) is 25.0 Å². The first kappa shape index (κ1) is 22.0. The number of aromatic nitrogens is 4. The molecule has 35 heavy (non-hydrogen) atoms. The number of likely N-dealkylation sites (tertiary alicyclic amines) is 1. The number of nitrogens with zero attached hydrogens (tertiary/aromatic N) is 6. The summed E-state index contributed by atoms with van der Waals surface area (Å²) in [6.07, 6.45) is 9.92. The number of anilines is 1. The van der Waals surface area contributed by atoms with Gasteiger partial charge in [-0.15, -0.1) is 0 Å². The van der Waals surface area contributed by atoms with Gasteiger partial charge in [-0.2, -0.15) is 10.2 Å². The van der Waals surface area contributed by atoms with Crippen LogP contribution in [0.1, 0.15) is 67.1 Å². The van der Waals surface area contributed by atoms with Gasteiger partial charge in [0.15, 0.2) is 0 Å². The number of rotatable bonds is 4. The maximum absolute atomic E-state index is 9.89. The van der Waals surface area contributed by atoms with Crippen molar-refractivity contribution in [3.05, 3.63) is 46.5 Å². The average molecular weight is 472 g/mol. The molecule has 0 aromatic carbocycles. The number of nitrogen functional groups attached to an aromatic ring is 1. The van der Waals surface area contributed by atoms with E-state index in [1.165, 1.54) is 6.42 Å². The summed E-state index contributed by atoms with van der Waals surface area (Å²) in [7, 11) is 2.14. The van der Waals surface area contributed by atoms with Gasteiger partial charge in [0, 0.05) is 40.5 Å². The van der Waals surface area contributed by atoms with Crippen molar-refractivity contribution in [2.24, 2.45) is 0 Å². The fraction of sp³-hybridized carbons (Fsp3) is 0.500. The lowest BCUT2D eigenvalue weighted by molar-refractivity contribution is 0.117. The van der Waals surface area contributed by atoms with Gasteiger partial charge in [0.1, 0.15) is 12.2 Å². The van der Waals surface area contributed by atoms with Crippen molar-refractivity contribution in [3.63, 3.8) is 0 Å². The standard InChI is InChI=1S/C26H29N7O2/c1-15(20-6-4-12-33(20)2)34-21-8-11-29-25(31-21)23-16-5-3-9-26(24(16)32-35-23)10-7-19-22(26)17(13-27)18(28)14-30-19/h8,11,14-15,20H,3-7,9-10,12,28H2,1-2H3. The number of likely N-dealkylation sites (N-methyl/N-ethyl adjacent to an activating group) is 1. The largest absolute Gasteiger partial charge is 0.473 e. The van der Waals surface area contributed by atoms with Crippen LogP contribution in [0.15, 0.2) is 23.0 Å². The minimum atomic E-state index is -0.409. The molecule has 3 aliphatic rings. The maximum atomic E-state index is 9.89. The topological polar surface area (TPSA) is 127 Å². The second-order valence-electron chi connectivity index (χ2n) is 10.0. The van der Waals surface area contributed by atoms with Gasteiger partial charge in [-0.05, 0) is 65.5 Å². The van der Waals surface area contributed by atoms with E-state index in [9.17, 15) is 5.26 Å². The predicted octanol–water partition coefficient (Wildman–Crippen LogP) is 3.41. The molecule has 3 atom stereocenters. The molecule has 1 fully saturated rings. The Morgan fingerprint density at radius 3 is 2.97 bits per heavy atom. The minimum absolute atomic E-state index is 0.0227. The highest BCUT2D eigenvalue weighted by molar-refractivity contribution is 5.66. The summed E-state index contributed by atoms with van der Waals surface area (Å²) in [6, 6.07) is 4.49. The summed E-state index contributed by atoms with van der Waals surface area (Å²) in [5.41, 5.74) is 10.4. The number of pyridine rings is 1. The fourth-order valence-electron chi connectivity index (χ4n) is 6.43. The Kier molecular flexibility index (Phi) is 5.22. The number of hydrogen-bond acceptors (Lipinski definition) is 9. The Morgan fingerprint density at radius 2 is 2.17 bits per heavy atom. The summed E-state index contributed by atoms with van der Waals surface area (Å²) in [5.74, 6) is 1.59. The summed E-state index contributed by atoms with van der Waals surface area (Å²) < 4.78 is 12.1. The van der Waals surface area contributed by atoms with Crippen LogP contribution in [0.5, 0.6) is 5.88 Å². The van der Waals surface area contributed by atoms with Gasteiger partial charge in [0.05, 0.1) is 23.1 Å². The molecule has 0 bridgehead atoms. The molecule has 2 N–H and O–H groups in total. The molecule has 180 valence electrons. The molecule has 0 radical (unpaired) electrons. The lowest BCUT2D eigenvalue weighted by Gasteiger charge is -2.33. The molecule has 4 heterocycles. The van der Waals surface area contributed by atoms with Crippen LogP contribution in [0.3, 0.4) is 0 Å². The van der Waals surface area contributed by atoms with Crippen LogP contribution in [-0.4, -0.2) is 50.7 Å². The molecule has 0 saturated carbocycles. The maximum Gasteiger partial charge on any atom is 0.217 e. The molecule has 2 aliphatic carbocycles. The second kappa shape index (κ2) is 8.31. The SMILES string of the molecule is CC(Oc1ccnc(-c2onc3c2CCCC32CCc3ncc(N)c(C#N)c32)n1)C1CCCN1C. The molecular formula is C26H29N7O2. The lowest BCUT2D eigenvalue weighted by Crippen LogP contribution is -2.38. The smallest absolute Gasteiger partial charge is 0.217 e. The Morgan fingerprint density at radius 1 is 1.29 bits per heavy atom. The Hall–Kier alpha value is -3.51. The molecule has 1 saturated heterocycles. The van der Waals surface area contributed by atoms with E-state index in [-0.39, 0.29) is 6.10 Å². The van der Waals surface area contributed by atoms with Gasteiger partial charge in [-0.3, -0.25) is 9.88 Å². The first-order valence-electron chi connectivity index (χ1n) is 12.4. The first-order valence-corrected chi connectivity index (χ1v) is 12.4. The van der Waals surface area contributed by atoms with Crippen LogP contribution in [0.2, 0.25) is 0 Å². The summed E-state index contributed by atoms with van der Waals surface area (Å²) in [6.45, 7) is 3.19. The highest BCUT2D eigenvalue weighted by Crippen LogP contribution is 2.53. The fourth-order valence-corrected chi connectivity index (χ4v) is 6.43. The third-order valence-electron chi connectivity index (χ3n) is 8.10. The Labute approximate surface area is 204 Å². The van der Waals surface area contributed by atoms with Crippen molar-refractivity contribution < 1.29 is 9.26 Å². The van der Waals surface area contributed by atoms with E-state index in [1.54, 1.807) is 18.5 Å². The van der Waals surface area contributed by atoms with Crippen LogP contribution in [0.25, 0.3) is 11.6 Å². The lowest BCUT2D eigenvalue weighted by atomic mass is 9.68. The molecule has 3 aromatic heterocycles. The summed E-state index contributed by atoms with van der Waals surface area (Å²) in [4.78, 5) is 16.1. The first-order chi connectivity index (χ1) is 17.0. The Balaban J connectivity index is 1.36. The molecule has 9 heteroatoms. The average Bonchev–Trinajstić information content (AvgIpc) is 3.58. The number of nitrogens with two attached hydrogens (primary N) is 1. The van der Waals surface area contributed by atoms with Crippen molar-refractivity contribution in [3.8, 4) is 23.5 Å². The van der Waals surface area contributed by atoms with Gasteiger partial charge in [0.25, 0.3) is 0 Å². The van der Waals surface area contributed by atoms with Crippen molar-refractivity contribution in [2.75, 3.05) is 19.3 Å². The number of ether oxygens (including phenoxy) is 1. The van der Waals surface area contributed by atoms with E-state index < -0.39 is 5.41 Å². The van der Waals surface area contributed by atoms with E-state index in [0.717, 1.165) is 67.6 Å². The predicted molar refractivity (Wildman–Crippen MR) is 129 cm³/mol. The monoisotopic (exact) mass is 471 g/mol. The number of fused-ring (bicyclic) bond motifs is 4. The van der Waals surface area contributed by atoms with Crippen molar-refractivity contribution in [1.29, 1.82) is 5.26 Å². The summed E-state index contributed by atoms with van der Waals surface area (Å²) >= 11 is 0. The second-order valence-corrected chi connectivity index (χ2v) is 10.0. The molecule has 6 rings (SSSR count). The molecule has 3 aromatic rings. The number of aryl methyl sites for hydroxylation is 1. The molecule has 1 aliphatic heterocycles. The molecule has 1 spiro atoms. The van der Waals surface area contributed by atoms with Crippen LogP contribution in [-0.2, 0) is 18.3 Å². The quantitative estimate of drug-likeness (QED) is 0.609. The molecule has 9 nitrogen and oxygen atoms in total. The van der Waals surface area contributed by atoms with Gasteiger partial charge in [-0.25, -0.2) is 4.98 Å².